The Bertz CT molecular complexity index is 5330. The average Bonchev–Trinajstić information content (AvgIpc) is 0.944. The van der Waals surface area contributed by atoms with Crippen molar-refractivity contribution in [3.8, 4) is 11.4 Å². The van der Waals surface area contributed by atoms with Crippen molar-refractivity contribution in [2.24, 2.45) is 0 Å². The molecule has 6 heterocycles. The van der Waals surface area contributed by atoms with Crippen molar-refractivity contribution in [3.63, 3.8) is 0 Å². The van der Waals surface area contributed by atoms with E-state index in [2.05, 4.69) is 332 Å². The first-order valence-corrected chi connectivity index (χ1v) is 31.5. The van der Waals surface area contributed by atoms with Crippen LogP contribution in [0.5, 0.6) is 0 Å². The molecule has 9 heteroatoms. The minimum atomic E-state index is -3.83. The molecular weight excluding hydrogens is 1080 g/mol. The molecule has 87 heavy (non-hydrogen) atoms. The minimum absolute atomic E-state index is 0.269. The number of rotatable bonds is 6. The van der Waals surface area contributed by atoms with Crippen LogP contribution in [0.15, 0.2) is 303 Å². The number of para-hydroxylation sites is 10. The molecule has 0 saturated heterocycles. The lowest BCUT2D eigenvalue weighted by molar-refractivity contribution is 0.592. The number of nitrogens with zero attached hydrogens (tertiary/aromatic N) is 6. The van der Waals surface area contributed by atoms with Gasteiger partial charge < -0.3 is 33.3 Å². The topological polar surface area (TPSA) is 39.9 Å². The van der Waals surface area contributed by atoms with E-state index in [1.165, 1.54) is 32.5 Å². The number of hydrogen-bond acceptors (Lipinski definition) is 5. The first-order valence-electron chi connectivity index (χ1n) is 29.8. The number of fused-ring (bicyclic) bond motifs is 14. The normalized spacial score (nSPS) is 15.1. The van der Waals surface area contributed by atoms with E-state index in [-0.39, 0.29) is 6.71 Å². The Morgan fingerprint density at radius 1 is 0.253 bits per heavy atom. The van der Waals surface area contributed by atoms with Crippen molar-refractivity contribution in [1.82, 2.24) is 9.13 Å². The van der Waals surface area contributed by atoms with Crippen LogP contribution in [0, 0.1) is 0 Å². The maximum atomic E-state index is 18.5. The average molecular weight is 1130 g/mol. The monoisotopic (exact) mass is 1130 g/mol. The molecule has 4 aliphatic heterocycles. The van der Waals surface area contributed by atoms with Crippen LogP contribution in [0.4, 0.5) is 68.2 Å². The third-order valence-electron chi connectivity index (χ3n) is 18.7. The molecule has 0 fully saturated rings. The molecule has 1 atom stereocenters. The molecule has 0 N–H and O–H groups in total. The van der Waals surface area contributed by atoms with Crippen LogP contribution >= 0.6 is 7.14 Å². The molecule has 4 aliphatic rings. The molecule has 0 spiro atoms. The van der Waals surface area contributed by atoms with Gasteiger partial charge in [-0.15, -0.1) is 0 Å². The first-order chi connectivity index (χ1) is 43.1. The second kappa shape index (κ2) is 18.2. The predicted octanol–water partition coefficient (Wildman–Crippen LogP) is 17.2. The summed E-state index contributed by atoms with van der Waals surface area (Å²) in [6.45, 7) is -0.269. The summed E-state index contributed by atoms with van der Waals surface area (Å²) in [7, 11) is -3.83. The van der Waals surface area contributed by atoms with Crippen LogP contribution < -0.4 is 51.9 Å². The van der Waals surface area contributed by atoms with Crippen LogP contribution in [-0.4, -0.2) is 15.8 Å². The second-order valence-electron chi connectivity index (χ2n) is 23.1. The zero-order valence-corrected chi connectivity index (χ0v) is 47.9. The van der Waals surface area contributed by atoms with Gasteiger partial charge in [0.15, 0.2) is 7.14 Å². The molecule has 13 aromatic carbocycles. The van der Waals surface area contributed by atoms with Gasteiger partial charge in [-0.25, -0.2) is 0 Å². The maximum absolute atomic E-state index is 18.5. The van der Waals surface area contributed by atoms with E-state index in [9.17, 15) is 0 Å². The highest BCUT2D eigenvalue weighted by Crippen LogP contribution is 2.63. The highest BCUT2D eigenvalue weighted by molar-refractivity contribution is 7.86. The maximum Gasteiger partial charge on any atom is 0.252 e. The zero-order valence-electron chi connectivity index (χ0n) is 47.0. The second-order valence-corrected chi connectivity index (χ2v) is 25.8. The van der Waals surface area contributed by atoms with Gasteiger partial charge in [-0.3, -0.25) is 0 Å². The van der Waals surface area contributed by atoms with Crippen LogP contribution in [0.25, 0.3) is 55.0 Å². The van der Waals surface area contributed by atoms with Crippen LogP contribution in [0.1, 0.15) is 0 Å². The lowest BCUT2D eigenvalue weighted by Gasteiger charge is -2.47. The van der Waals surface area contributed by atoms with Gasteiger partial charge in [-0.2, -0.15) is 0 Å². The van der Waals surface area contributed by atoms with Gasteiger partial charge in [0.2, 0.25) is 0 Å². The summed E-state index contributed by atoms with van der Waals surface area (Å²) in [4.78, 5) is 9.75. The Morgan fingerprint density at radius 3 is 1.08 bits per heavy atom. The van der Waals surface area contributed by atoms with Gasteiger partial charge in [0.05, 0.1) is 61.5 Å². The standard InChI is InChI=1S/C78H50BN6OP/c86-87-75-44-24-23-43-68(75)81(52-27-7-2-8-28-52)73-47-56(85-65-40-20-15-35-59(65)60-36-16-21-41-66(60)85)48-74(78(73)87)83(54-31-11-4-12-32-54)70-50-69-62(49-76(70)87)79-61-37-17-22-42-67(61)80(51-25-5-1-6-26-51)71-45-55(46-72(77(71)79)82(69)53-29-9-3-10-30-53)84-63-38-18-13-33-57(63)58-34-14-19-39-64(58)84/h1-50H. The molecule has 1 unspecified atom stereocenters. The Balaban J connectivity index is 0.962. The van der Waals surface area contributed by atoms with E-state index in [4.69, 9.17) is 0 Å². The summed E-state index contributed by atoms with van der Waals surface area (Å²) in [5, 5.41) is 7.20. The van der Waals surface area contributed by atoms with E-state index >= 15 is 4.57 Å². The molecule has 0 amide bonds. The molecule has 406 valence electrons. The summed E-state index contributed by atoms with van der Waals surface area (Å²) in [6.07, 6.45) is 0. The molecule has 15 aromatic rings. The summed E-state index contributed by atoms with van der Waals surface area (Å²) < 4.78 is 23.3. The smallest absolute Gasteiger partial charge is 0.252 e. The fraction of sp³-hybridized carbons (Fsp3) is 0. The quantitative estimate of drug-likeness (QED) is 0.123. The van der Waals surface area contributed by atoms with Crippen molar-refractivity contribution in [1.29, 1.82) is 0 Å². The highest BCUT2D eigenvalue weighted by Gasteiger charge is 2.52. The molecule has 19 rings (SSSR count). The van der Waals surface area contributed by atoms with Crippen molar-refractivity contribution < 1.29 is 4.57 Å². The fourth-order valence-electron chi connectivity index (χ4n) is 15.3. The Kier molecular flexibility index (Phi) is 10.1. The lowest BCUT2D eigenvalue weighted by atomic mass is 9.33. The van der Waals surface area contributed by atoms with Gasteiger partial charge in [0.25, 0.3) is 6.71 Å². The summed E-state index contributed by atoms with van der Waals surface area (Å²) in [5.41, 5.74) is 21.9. The van der Waals surface area contributed by atoms with E-state index in [1.807, 2.05) is 0 Å². The summed E-state index contributed by atoms with van der Waals surface area (Å²) in [6, 6.07) is 110. The van der Waals surface area contributed by atoms with Gasteiger partial charge in [0.1, 0.15) is 0 Å². The molecule has 2 aromatic heterocycles. The van der Waals surface area contributed by atoms with Crippen molar-refractivity contribution >= 4 is 158 Å². The molecule has 0 saturated carbocycles. The fourth-order valence-corrected chi connectivity index (χ4v) is 18.6. The van der Waals surface area contributed by atoms with E-state index in [0.29, 0.717) is 0 Å². The van der Waals surface area contributed by atoms with Gasteiger partial charge in [0, 0.05) is 77.7 Å². The molecule has 0 aliphatic carbocycles. The van der Waals surface area contributed by atoms with E-state index in [0.717, 1.165) is 123 Å². The van der Waals surface area contributed by atoms with Crippen molar-refractivity contribution in [2.75, 3.05) is 19.6 Å². The largest absolute Gasteiger partial charge is 0.311 e. The zero-order chi connectivity index (χ0) is 57.1. The molecule has 0 bridgehead atoms. The van der Waals surface area contributed by atoms with Crippen LogP contribution in [0.3, 0.4) is 0 Å². The van der Waals surface area contributed by atoms with Gasteiger partial charge >= 0.3 is 0 Å². The predicted molar refractivity (Wildman–Crippen MR) is 365 cm³/mol. The van der Waals surface area contributed by atoms with Crippen molar-refractivity contribution in [3.05, 3.63) is 303 Å². The van der Waals surface area contributed by atoms with Crippen LogP contribution in [0.2, 0.25) is 0 Å². The molecular formula is C78H50BN6OP. The minimum Gasteiger partial charge on any atom is -0.311 e. The Morgan fingerprint density at radius 2 is 0.609 bits per heavy atom. The van der Waals surface area contributed by atoms with Crippen molar-refractivity contribution in [2.45, 2.75) is 0 Å². The van der Waals surface area contributed by atoms with E-state index in [1.54, 1.807) is 0 Å². The number of hydrogen-bond donors (Lipinski definition) is 0. The molecule has 0 radical (unpaired) electrons. The highest BCUT2D eigenvalue weighted by atomic mass is 31.2. The Labute approximate surface area is 503 Å². The number of anilines is 12. The Hall–Kier alpha value is -11.0. The van der Waals surface area contributed by atoms with E-state index < -0.39 is 7.14 Å². The number of aromatic nitrogens is 2. The lowest BCUT2D eigenvalue weighted by Crippen LogP contribution is -2.62. The SMILES string of the molecule is O=P12c3ccccc3N(c3ccccc3)c3cc(-n4c5ccccc5c5ccccc54)cc(c31)N(c1ccccc1)c1cc3c(cc12)B1c2ccccc2N(c2ccccc2)c2cc(-n4c5ccccc5c5ccccc54)cc(c21)N3c1ccccc1. The first kappa shape index (κ1) is 48.3. The third-order valence-corrected chi connectivity index (χ3v) is 21.9. The summed E-state index contributed by atoms with van der Waals surface area (Å²) >= 11 is 0. The number of benzene rings is 13. The summed E-state index contributed by atoms with van der Waals surface area (Å²) in [5.74, 6) is 0. The third kappa shape index (κ3) is 6.65. The molecule has 7 nitrogen and oxygen atoms in total. The van der Waals surface area contributed by atoms with Gasteiger partial charge in [-0.1, -0.05) is 182 Å². The van der Waals surface area contributed by atoms with Gasteiger partial charge in [-0.05, 0) is 138 Å². The van der Waals surface area contributed by atoms with Crippen LogP contribution in [-0.2, 0) is 4.57 Å².